The molecular weight excluding hydrogens is 338 g/mol. The first-order chi connectivity index (χ1) is 11.1. The number of rotatable bonds is 4. The normalized spacial score (nSPS) is 27.0. The van der Waals surface area contributed by atoms with Crippen LogP contribution in [0.25, 0.3) is 0 Å². The minimum absolute atomic E-state index is 0. The van der Waals surface area contributed by atoms with E-state index >= 15 is 0 Å². The van der Waals surface area contributed by atoms with E-state index in [9.17, 15) is 13.6 Å². The molecule has 134 valence electrons. The molecule has 2 saturated heterocycles. The molecule has 4 unspecified atom stereocenters. The van der Waals surface area contributed by atoms with Gasteiger partial charge >= 0.3 is 0 Å². The van der Waals surface area contributed by atoms with Crippen LogP contribution in [0.15, 0.2) is 18.2 Å². The Morgan fingerprint density at radius 2 is 2.17 bits per heavy atom. The van der Waals surface area contributed by atoms with Gasteiger partial charge in [-0.1, -0.05) is 13.0 Å². The van der Waals surface area contributed by atoms with Gasteiger partial charge in [0.2, 0.25) is 5.91 Å². The van der Waals surface area contributed by atoms with Gasteiger partial charge in [-0.15, -0.1) is 12.4 Å². The minimum atomic E-state index is -0.633. The van der Waals surface area contributed by atoms with Crippen LogP contribution in [0.5, 0.6) is 0 Å². The summed E-state index contributed by atoms with van der Waals surface area (Å²) in [5.41, 5.74) is 6.52. The van der Waals surface area contributed by atoms with E-state index in [1.54, 1.807) is 0 Å². The van der Waals surface area contributed by atoms with E-state index in [1.807, 2.05) is 6.92 Å². The van der Waals surface area contributed by atoms with E-state index in [1.165, 1.54) is 12.1 Å². The van der Waals surface area contributed by atoms with Crippen molar-refractivity contribution in [3.05, 3.63) is 35.4 Å². The van der Waals surface area contributed by atoms with Gasteiger partial charge in [0.25, 0.3) is 0 Å². The van der Waals surface area contributed by atoms with Crippen molar-refractivity contribution >= 4 is 18.3 Å². The molecule has 1 amide bonds. The molecule has 0 aliphatic carbocycles. The maximum atomic E-state index is 14.0. The zero-order valence-corrected chi connectivity index (χ0v) is 14.3. The molecule has 2 aliphatic heterocycles. The second kappa shape index (κ2) is 8.20. The van der Waals surface area contributed by atoms with Crippen LogP contribution in [0.3, 0.4) is 0 Å². The number of fused-ring (bicyclic) bond motifs is 1. The standard InChI is InChI=1S/C16H22F2N4O.ClH/c1-2-13(10-4-3-9(17)7-12(10)18)20-16(23)15-11-8-19-6-5-14(11)21-22-15;/h3-4,7,11,13-15,19,21-22H,2,5-6,8H2,1H3,(H,20,23);1H. The molecule has 0 saturated carbocycles. The lowest BCUT2D eigenvalue weighted by Crippen LogP contribution is -2.50. The number of halogens is 3. The average Bonchev–Trinajstić information content (AvgIpc) is 2.97. The first-order valence-electron chi connectivity index (χ1n) is 8.07. The summed E-state index contributed by atoms with van der Waals surface area (Å²) >= 11 is 0. The molecule has 4 N–H and O–H groups in total. The molecule has 2 fully saturated rings. The number of carbonyl (C=O) groups is 1. The summed E-state index contributed by atoms with van der Waals surface area (Å²) < 4.78 is 27.0. The molecule has 4 atom stereocenters. The summed E-state index contributed by atoms with van der Waals surface area (Å²) in [5, 5.41) is 6.18. The lowest BCUT2D eigenvalue weighted by atomic mass is 9.89. The number of amides is 1. The first-order valence-corrected chi connectivity index (χ1v) is 8.07. The van der Waals surface area contributed by atoms with Gasteiger partial charge in [0.1, 0.15) is 17.7 Å². The Kier molecular flexibility index (Phi) is 6.51. The fraction of sp³-hybridized carbons (Fsp3) is 0.562. The van der Waals surface area contributed by atoms with Crippen molar-refractivity contribution in [1.29, 1.82) is 0 Å². The molecule has 1 aromatic carbocycles. The third-order valence-electron chi connectivity index (χ3n) is 4.73. The molecule has 1 aromatic rings. The molecule has 2 heterocycles. The third kappa shape index (κ3) is 3.85. The summed E-state index contributed by atoms with van der Waals surface area (Å²) in [5.74, 6) is -1.25. The van der Waals surface area contributed by atoms with Crippen LogP contribution in [0, 0.1) is 17.6 Å². The molecule has 5 nitrogen and oxygen atoms in total. The van der Waals surface area contributed by atoms with E-state index in [0.717, 1.165) is 25.6 Å². The molecule has 0 aromatic heterocycles. The van der Waals surface area contributed by atoms with Crippen molar-refractivity contribution in [2.75, 3.05) is 13.1 Å². The Morgan fingerprint density at radius 3 is 2.88 bits per heavy atom. The van der Waals surface area contributed by atoms with Gasteiger partial charge in [-0.3, -0.25) is 10.2 Å². The molecule has 24 heavy (non-hydrogen) atoms. The van der Waals surface area contributed by atoms with Gasteiger partial charge in [-0.25, -0.2) is 14.2 Å². The molecule has 0 bridgehead atoms. The number of hydrogen-bond acceptors (Lipinski definition) is 4. The summed E-state index contributed by atoms with van der Waals surface area (Å²) in [6.07, 6.45) is 1.49. The van der Waals surface area contributed by atoms with Crippen LogP contribution >= 0.6 is 12.4 Å². The van der Waals surface area contributed by atoms with Crippen molar-refractivity contribution < 1.29 is 13.6 Å². The SMILES string of the molecule is CCC(NC(=O)C1NNC2CCNCC21)c1ccc(F)cc1F.Cl. The second-order valence-electron chi connectivity index (χ2n) is 6.16. The van der Waals surface area contributed by atoms with Crippen molar-refractivity contribution in [3.63, 3.8) is 0 Å². The van der Waals surface area contributed by atoms with Crippen LogP contribution in [0.2, 0.25) is 0 Å². The Balaban J connectivity index is 0.00000208. The van der Waals surface area contributed by atoms with Crippen molar-refractivity contribution in [2.45, 2.75) is 37.9 Å². The number of piperidine rings is 1. The average molecular weight is 361 g/mol. The number of hydrazine groups is 1. The topological polar surface area (TPSA) is 65.2 Å². The fourth-order valence-corrected chi connectivity index (χ4v) is 3.42. The first kappa shape index (κ1) is 19.1. The van der Waals surface area contributed by atoms with Crippen LogP contribution < -0.4 is 21.5 Å². The highest BCUT2D eigenvalue weighted by Crippen LogP contribution is 2.24. The highest BCUT2D eigenvalue weighted by molar-refractivity contribution is 5.85. The summed E-state index contributed by atoms with van der Waals surface area (Å²) in [7, 11) is 0. The maximum absolute atomic E-state index is 14.0. The van der Waals surface area contributed by atoms with E-state index in [2.05, 4.69) is 21.5 Å². The molecule has 2 aliphatic rings. The van der Waals surface area contributed by atoms with E-state index in [4.69, 9.17) is 0 Å². The van der Waals surface area contributed by atoms with Gasteiger partial charge in [-0.2, -0.15) is 0 Å². The zero-order valence-electron chi connectivity index (χ0n) is 13.4. The van der Waals surface area contributed by atoms with E-state index in [0.29, 0.717) is 12.0 Å². The second-order valence-corrected chi connectivity index (χ2v) is 6.16. The van der Waals surface area contributed by atoms with Gasteiger partial charge in [-0.05, 0) is 25.5 Å². The summed E-state index contributed by atoms with van der Waals surface area (Å²) in [6, 6.07) is 2.90. The molecule has 3 rings (SSSR count). The number of carbonyl (C=O) groups excluding carboxylic acids is 1. The quantitative estimate of drug-likeness (QED) is 0.655. The van der Waals surface area contributed by atoms with Crippen LogP contribution in [-0.4, -0.2) is 31.1 Å². The largest absolute Gasteiger partial charge is 0.348 e. The van der Waals surface area contributed by atoms with E-state index < -0.39 is 17.7 Å². The van der Waals surface area contributed by atoms with Gasteiger partial charge < -0.3 is 10.6 Å². The van der Waals surface area contributed by atoms with Crippen molar-refractivity contribution in [1.82, 2.24) is 21.5 Å². The van der Waals surface area contributed by atoms with E-state index in [-0.39, 0.29) is 36.3 Å². The zero-order chi connectivity index (χ0) is 16.4. The van der Waals surface area contributed by atoms with Crippen LogP contribution in [0.1, 0.15) is 31.4 Å². The molecule has 8 heteroatoms. The summed E-state index contributed by atoms with van der Waals surface area (Å²) in [6.45, 7) is 3.56. The van der Waals surface area contributed by atoms with Crippen LogP contribution in [-0.2, 0) is 4.79 Å². The molecule has 0 spiro atoms. The number of nitrogens with one attached hydrogen (secondary N) is 4. The lowest BCUT2D eigenvalue weighted by Gasteiger charge is -2.28. The Labute approximate surface area is 146 Å². The molecular formula is C16H23ClF2N4O. The van der Waals surface area contributed by atoms with Crippen molar-refractivity contribution in [3.8, 4) is 0 Å². The third-order valence-corrected chi connectivity index (χ3v) is 4.73. The molecule has 0 radical (unpaired) electrons. The highest BCUT2D eigenvalue weighted by atomic mass is 35.5. The fourth-order valence-electron chi connectivity index (χ4n) is 3.42. The maximum Gasteiger partial charge on any atom is 0.239 e. The Hall–Kier alpha value is -1.28. The number of hydrogen-bond donors (Lipinski definition) is 4. The monoisotopic (exact) mass is 360 g/mol. The predicted molar refractivity (Wildman–Crippen MR) is 89.6 cm³/mol. The lowest BCUT2D eigenvalue weighted by molar-refractivity contribution is -0.124. The van der Waals surface area contributed by atoms with Gasteiger partial charge in [0.05, 0.1) is 6.04 Å². The predicted octanol–water partition coefficient (Wildman–Crippen LogP) is 1.41. The highest BCUT2D eigenvalue weighted by Gasteiger charge is 2.41. The van der Waals surface area contributed by atoms with Gasteiger partial charge in [0, 0.05) is 30.1 Å². The Bertz CT molecular complexity index is 589. The Morgan fingerprint density at radius 1 is 1.38 bits per heavy atom. The minimum Gasteiger partial charge on any atom is -0.348 e. The van der Waals surface area contributed by atoms with Gasteiger partial charge in [0.15, 0.2) is 0 Å². The number of benzene rings is 1. The van der Waals surface area contributed by atoms with Crippen LogP contribution in [0.4, 0.5) is 8.78 Å². The summed E-state index contributed by atoms with van der Waals surface area (Å²) in [4.78, 5) is 12.6. The van der Waals surface area contributed by atoms with Crippen molar-refractivity contribution in [2.24, 2.45) is 5.92 Å². The smallest absolute Gasteiger partial charge is 0.239 e.